The van der Waals surface area contributed by atoms with Crippen LogP contribution in [0.5, 0.6) is 0 Å². The van der Waals surface area contributed by atoms with Crippen molar-refractivity contribution in [3.63, 3.8) is 0 Å². The zero-order valence-corrected chi connectivity index (χ0v) is 14.9. The molecule has 2 rings (SSSR count). The van der Waals surface area contributed by atoms with Gasteiger partial charge in [0.1, 0.15) is 5.82 Å². The number of carbonyl (C=O) groups is 2. The molecule has 0 radical (unpaired) electrons. The lowest BCUT2D eigenvalue weighted by Crippen LogP contribution is -2.33. The second-order valence-corrected chi connectivity index (χ2v) is 6.08. The van der Waals surface area contributed by atoms with Crippen LogP contribution in [-0.2, 0) is 4.79 Å². The van der Waals surface area contributed by atoms with Gasteiger partial charge in [-0.1, -0.05) is 23.7 Å². The molecular formula is C18H19ClFN3O2. The molecule has 0 aromatic heterocycles. The minimum absolute atomic E-state index is 0.0126. The molecule has 1 unspecified atom stereocenters. The number of anilines is 2. The van der Waals surface area contributed by atoms with Gasteiger partial charge in [0.05, 0.1) is 11.7 Å². The number of urea groups is 1. The van der Waals surface area contributed by atoms with Crippen molar-refractivity contribution in [3.8, 4) is 0 Å². The molecular weight excluding hydrogens is 345 g/mol. The monoisotopic (exact) mass is 363 g/mol. The van der Waals surface area contributed by atoms with Gasteiger partial charge in [0, 0.05) is 24.7 Å². The molecule has 3 amide bonds. The molecule has 0 aliphatic carbocycles. The summed E-state index contributed by atoms with van der Waals surface area (Å²) >= 11 is 5.98. The number of amides is 3. The smallest absolute Gasteiger partial charge is 0.322 e. The summed E-state index contributed by atoms with van der Waals surface area (Å²) in [5.41, 5.74) is 1.24. The van der Waals surface area contributed by atoms with Crippen LogP contribution in [0.2, 0.25) is 5.02 Å². The van der Waals surface area contributed by atoms with Crippen LogP contribution in [0.1, 0.15) is 25.5 Å². The molecule has 0 saturated carbocycles. The van der Waals surface area contributed by atoms with Gasteiger partial charge in [-0.05, 0) is 42.8 Å². The second-order valence-electron chi connectivity index (χ2n) is 5.65. The van der Waals surface area contributed by atoms with Crippen LogP contribution < -0.4 is 10.6 Å². The SMILES string of the molecule is CC(=O)Nc1ccc(F)c(NC(=O)N(C)C(C)c2cccc(Cl)c2)c1. The summed E-state index contributed by atoms with van der Waals surface area (Å²) in [7, 11) is 1.61. The Hall–Kier alpha value is -2.60. The molecule has 2 N–H and O–H groups in total. The first-order chi connectivity index (χ1) is 11.8. The quantitative estimate of drug-likeness (QED) is 0.829. The molecule has 25 heavy (non-hydrogen) atoms. The Bertz CT molecular complexity index is 798. The summed E-state index contributed by atoms with van der Waals surface area (Å²) < 4.78 is 13.9. The maximum Gasteiger partial charge on any atom is 0.322 e. The molecule has 0 bridgehead atoms. The van der Waals surface area contributed by atoms with Gasteiger partial charge in [-0.3, -0.25) is 4.79 Å². The number of hydrogen-bond donors (Lipinski definition) is 2. The maximum atomic E-state index is 13.9. The van der Waals surface area contributed by atoms with E-state index in [4.69, 9.17) is 11.6 Å². The highest BCUT2D eigenvalue weighted by molar-refractivity contribution is 6.30. The number of nitrogens with one attached hydrogen (secondary N) is 2. The van der Waals surface area contributed by atoms with Gasteiger partial charge in [0.25, 0.3) is 0 Å². The summed E-state index contributed by atoms with van der Waals surface area (Å²) in [6.45, 7) is 3.19. The van der Waals surface area contributed by atoms with E-state index in [1.54, 1.807) is 25.2 Å². The molecule has 132 valence electrons. The number of halogens is 2. The zero-order valence-electron chi connectivity index (χ0n) is 14.1. The Balaban J connectivity index is 2.14. The van der Waals surface area contributed by atoms with Gasteiger partial charge in [0.2, 0.25) is 5.91 Å². The van der Waals surface area contributed by atoms with Crippen LogP contribution in [0.15, 0.2) is 42.5 Å². The molecule has 1 atom stereocenters. The molecule has 0 fully saturated rings. The standard InChI is InChI=1S/C18H19ClFN3O2/c1-11(13-5-4-6-14(19)9-13)23(3)18(25)22-17-10-15(21-12(2)24)7-8-16(17)20/h4-11H,1-3H3,(H,21,24)(H,22,25). The van der Waals surface area contributed by atoms with E-state index in [-0.39, 0.29) is 17.6 Å². The van der Waals surface area contributed by atoms with Gasteiger partial charge in [0.15, 0.2) is 0 Å². The molecule has 2 aromatic rings. The Kier molecular flexibility index (Phi) is 5.98. The molecule has 0 saturated heterocycles. The average molecular weight is 364 g/mol. The first-order valence-corrected chi connectivity index (χ1v) is 8.02. The number of rotatable bonds is 4. The van der Waals surface area contributed by atoms with Crippen molar-refractivity contribution in [1.29, 1.82) is 0 Å². The molecule has 7 heteroatoms. The summed E-state index contributed by atoms with van der Waals surface area (Å²) in [5.74, 6) is -0.873. The summed E-state index contributed by atoms with van der Waals surface area (Å²) in [6.07, 6.45) is 0. The number of hydrogen-bond acceptors (Lipinski definition) is 2. The molecule has 0 aliphatic rings. The minimum atomic E-state index is -0.591. The normalized spacial score (nSPS) is 11.6. The Morgan fingerprint density at radius 1 is 1.16 bits per heavy atom. The Morgan fingerprint density at radius 3 is 2.52 bits per heavy atom. The highest BCUT2D eigenvalue weighted by Gasteiger charge is 2.19. The van der Waals surface area contributed by atoms with E-state index in [1.165, 1.54) is 30.0 Å². The van der Waals surface area contributed by atoms with Crippen molar-refractivity contribution >= 4 is 34.9 Å². The first kappa shape index (κ1) is 18.7. The number of carbonyl (C=O) groups excluding carboxylic acids is 2. The van der Waals surface area contributed by atoms with Crippen molar-refractivity contribution in [2.75, 3.05) is 17.7 Å². The third-order valence-corrected chi connectivity index (χ3v) is 4.00. The summed E-state index contributed by atoms with van der Waals surface area (Å²) in [4.78, 5) is 25.0. The van der Waals surface area contributed by atoms with E-state index in [9.17, 15) is 14.0 Å². The van der Waals surface area contributed by atoms with Crippen molar-refractivity contribution in [2.24, 2.45) is 0 Å². The highest BCUT2D eigenvalue weighted by Crippen LogP contribution is 2.24. The second kappa shape index (κ2) is 7.98. The van der Waals surface area contributed by atoms with E-state index >= 15 is 0 Å². The van der Waals surface area contributed by atoms with Crippen LogP contribution in [-0.4, -0.2) is 23.9 Å². The minimum Gasteiger partial charge on any atom is -0.326 e. The average Bonchev–Trinajstić information content (AvgIpc) is 2.56. The first-order valence-electron chi connectivity index (χ1n) is 7.64. The Morgan fingerprint density at radius 2 is 1.88 bits per heavy atom. The van der Waals surface area contributed by atoms with Crippen molar-refractivity contribution in [2.45, 2.75) is 19.9 Å². The van der Waals surface area contributed by atoms with Crippen LogP contribution >= 0.6 is 11.6 Å². The van der Waals surface area contributed by atoms with E-state index in [0.717, 1.165) is 5.56 Å². The predicted octanol–water partition coefficient (Wildman–Crippen LogP) is 4.66. The van der Waals surface area contributed by atoms with Gasteiger partial charge in [-0.15, -0.1) is 0 Å². The van der Waals surface area contributed by atoms with Gasteiger partial charge in [-0.2, -0.15) is 0 Å². The van der Waals surface area contributed by atoms with Gasteiger partial charge >= 0.3 is 6.03 Å². The lowest BCUT2D eigenvalue weighted by molar-refractivity contribution is -0.114. The van der Waals surface area contributed by atoms with Crippen molar-refractivity contribution < 1.29 is 14.0 Å². The lowest BCUT2D eigenvalue weighted by Gasteiger charge is -2.26. The van der Waals surface area contributed by atoms with E-state index in [0.29, 0.717) is 10.7 Å². The third-order valence-electron chi connectivity index (χ3n) is 3.76. The fraction of sp³-hybridized carbons (Fsp3) is 0.222. The van der Waals surface area contributed by atoms with E-state index in [2.05, 4.69) is 10.6 Å². The fourth-order valence-electron chi connectivity index (χ4n) is 2.27. The largest absolute Gasteiger partial charge is 0.326 e. The van der Waals surface area contributed by atoms with Crippen LogP contribution in [0.25, 0.3) is 0 Å². The topological polar surface area (TPSA) is 61.4 Å². The van der Waals surface area contributed by atoms with Gasteiger partial charge in [-0.25, -0.2) is 9.18 Å². The third kappa shape index (κ3) is 4.93. The van der Waals surface area contributed by atoms with E-state index < -0.39 is 11.8 Å². The predicted molar refractivity (Wildman–Crippen MR) is 97.4 cm³/mol. The van der Waals surface area contributed by atoms with Crippen molar-refractivity contribution in [3.05, 3.63) is 58.9 Å². The van der Waals surface area contributed by atoms with Crippen LogP contribution in [0, 0.1) is 5.82 Å². The van der Waals surface area contributed by atoms with Crippen LogP contribution in [0.4, 0.5) is 20.6 Å². The van der Waals surface area contributed by atoms with Crippen molar-refractivity contribution in [1.82, 2.24) is 4.90 Å². The molecule has 0 spiro atoms. The zero-order chi connectivity index (χ0) is 18.6. The fourth-order valence-corrected chi connectivity index (χ4v) is 2.47. The number of nitrogens with zero attached hydrogens (tertiary/aromatic N) is 1. The van der Waals surface area contributed by atoms with Crippen LogP contribution in [0.3, 0.4) is 0 Å². The molecule has 5 nitrogen and oxygen atoms in total. The van der Waals surface area contributed by atoms with Gasteiger partial charge < -0.3 is 15.5 Å². The Labute approximate surface area is 150 Å². The molecule has 0 aliphatic heterocycles. The molecule has 0 heterocycles. The summed E-state index contributed by atoms with van der Waals surface area (Å²) in [6, 6.07) is 10.4. The van der Waals surface area contributed by atoms with E-state index in [1.807, 2.05) is 13.0 Å². The number of benzene rings is 2. The highest BCUT2D eigenvalue weighted by atomic mass is 35.5. The molecule has 2 aromatic carbocycles. The lowest BCUT2D eigenvalue weighted by atomic mass is 10.1. The summed E-state index contributed by atoms with van der Waals surface area (Å²) in [5, 5.41) is 5.64. The maximum absolute atomic E-state index is 13.9.